The van der Waals surface area contributed by atoms with Crippen molar-refractivity contribution in [2.45, 2.75) is 24.7 Å². The van der Waals surface area contributed by atoms with Crippen LogP contribution in [0.15, 0.2) is 24.3 Å². The van der Waals surface area contributed by atoms with Crippen molar-refractivity contribution in [2.24, 2.45) is 0 Å². The van der Waals surface area contributed by atoms with Gasteiger partial charge in [-0.25, -0.2) is 12.7 Å². The molecule has 1 aliphatic heterocycles. The minimum absolute atomic E-state index is 0.0627. The molecule has 1 aliphatic rings. The average molecular weight is 300 g/mol. The third kappa shape index (κ3) is 3.53. The van der Waals surface area contributed by atoms with Gasteiger partial charge in [-0.15, -0.1) is 0 Å². The van der Waals surface area contributed by atoms with Crippen LogP contribution in [0.4, 0.5) is 5.69 Å². The van der Waals surface area contributed by atoms with Gasteiger partial charge in [0.2, 0.25) is 10.0 Å². The standard InChI is InChI=1S/C12H16N2O5S/c15-12-5-7-13(8-6-12)20(18,19)9-10-1-3-11(4-2-10)14(16)17/h1-4,12,15H,5-9H2. The van der Waals surface area contributed by atoms with Crippen LogP contribution in [0.2, 0.25) is 0 Å². The smallest absolute Gasteiger partial charge is 0.269 e. The molecule has 1 saturated heterocycles. The van der Waals surface area contributed by atoms with E-state index in [2.05, 4.69) is 0 Å². The number of benzene rings is 1. The normalized spacial score (nSPS) is 18.1. The molecule has 0 radical (unpaired) electrons. The van der Waals surface area contributed by atoms with E-state index in [9.17, 15) is 23.6 Å². The average Bonchev–Trinajstić information content (AvgIpc) is 2.39. The molecule has 1 fully saturated rings. The van der Waals surface area contributed by atoms with Crippen molar-refractivity contribution in [1.82, 2.24) is 4.31 Å². The number of sulfonamides is 1. The zero-order chi connectivity index (χ0) is 14.8. The molecule has 7 nitrogen and oxygen atoms in total. The summed E-state index contributed by atoms with van der Waals surface area (Å²) in [4.78, 5) is 10.0. The predicted molar refractivity (Wildman–Crippen MR) is 72.5 cm³/mol. The van der Waals surface area contributed by atoms with Crippen LogP contribution >= 0.6 is 0 Å². The van der Waals surface area contributed by atoms with Gasteiger partial charge in [0.15, 0.2) is 0 Å². The number of piperidine rings is 1. The summed E-state index contributed by atoms with van der Waals surface area (Å²) in [5.74, 6) is -0.179. The Kier molecular flexibility index (Phi) is 4.36. The minimum atomic E-state index is -3.44. The molecule has 1 N–H and O–H groups in total. The van der Waals surface area contributed by atoms with Crippen molar-refractivity contribution < 1.29 is 18.4 Å². The van der Waals surface area contributed by atoms with Gasteiger partial charge in [0.05, 0.1) is 16.8 Å². The molecular weight excluding hydrogens is 284 g/mol. The first-order valence-corrected chi connectivity index (χ1v) is 7.88. The summed E-state index contributed by atoms with van der Waals surface area (Å²) >= 11 is 0. The quantitative estimate of drug-likeness (QED) is 0.657. The van der Waals surface area contributed by atoms with Crippen molar-refractivity contribution in [1.29, 1.82) is 0 Å². The van der Waals surface area contributed by atoms with E-state index in [-0.39, 0.29) is 11.4 Å². The Hall–Kier alpha value is -1.51. The molecule has 1 heterocycles. The number of hydrogen-bond acceptors (Lipinski definition) is 5. The fraction of sp³-hybridized carbons (Fsp3) is 0.500. The van der Waals surface area contributed by atoms with Gasteiger partial charge < -0.3 is 5.11 Å². The highest BCUT2D eigenvalue weighted by atomic mass is 32.2. The molecule has 0 saturated carbocycles. The van der Waals surface area contributed by atoms with Crippen LogP contribution in [-0.4, -0.2) is 41.9 Å². The summed E-state index contributed by atoms with van der Waals surface area (Å²) in [5, 5.41) is 19.9. The Morgan fingerprint density at radius 2 is 1.80 bits per heavy atom. The molecule has 0 aliphatic carbocycles. The van der Waals surface area contributed by atoms with Crippen molar-refractivity contribution in [3.05, 3.63) is 39.9 Å². The Bertz CT molecular complexity index is 576. The number of nitro groups is 1. The first-order valence-electron chi connectivity index (χ1n) is 6.28. The van der Waals surface area contributed by atoms with Crippen molar-refractivity contribution in [3.63, 3.8) is 0 Å². The zero-order valence-corrected chi connectivity index (χ0v) is 11.6. The SMILES string of the molecule is O=[N+]([O-])c1ccc(CS(=O)(=O)N2CCC(O)CC2)cc1. The van der Waals surface area contributed by atoms with E-state index in [1.54, 1.807) is 0 Å². The minimum Gasteiger partial charge on any atom is -0.393 e. The lowest BCUT2D eigenvalue weighted by atomic mass is 10.1. The highest BCUT2D eigenvalue weighted by Gasteiger charge is 2.27. The number of aliphatic hydroxyl groups is 1. The molecule has 0 spiro atoms. The molecule has 0 bridgehead atoms. The van der Waals surface area contributed by atoms with Gasteiger partial charge in [0, 0.05) is 25.2 Å². The molecule has 0 atom stereocenters. The number of rotatable bonds is 4. The van der Waals surface area contributed by atoms with Crippen LogP contribution in [0.5, 0.6) is 0 Å². The van der Waals surface area contributed by atoms with E-state index < -0.39 is 21.1 Å². The summed E-state index contributed by atoms with van der Waals surface area (Å²) in [5.41, 5.74) is 0.453. The lowest BCUT2D eigenvalue weighted by Gasteiger charge is -2.28. The third-order valence-electron chi connectivity index (χ3n) is 3.31. The van der Waals surface area contributed by atoms with Crippen LogP contribution in [0.3, 0.4) is 0 Å². The lowest BCUT2D eigenvalue weighted by Crippen LogP contribution is -2.40. The van der Waals surface area contributed by atoms with Crippen molar-refractivity contribution in [3.8, 4) is 0 Å². The van der Waals surface area contributed by atoms with Crippen LogP contribution in [0, 0.1) is 10.1 Å². The molecule has 2 rings (SSSR count). The molecule has 0 unspecified atom stereocenters. The molecule has 20 heavy (non-hydrogen) atoms. The lowest BCUT2D eigenvalue weighted by molar-refractivity contribution is -0.384. The second-order valence-corrected chi connectivity index (χ2v) is 6.78. The largest absolute Gasteiger partial charge is 0.393 e. The monoisotopic (exact) mass is 300 g/mol. The predicted octanol–water partition coefficient (Wildman–Crippen LogP) is 0.881. The number of aliphatic hydroxyl groups excluding tert-OH is 1. The third-order valence-corrected chi connectivity index (χ3v) is 5.16. The topological polar surface area (TPSA) is 101 Å². The number of hydrogen-bond donors (Lipinski definition) is 1. The van der Waals surface area contributed by atoms with Gasteiger partial charge in [-0.1, -0.05) is 12.1 Å². The van der Waals surface area contributed by atoms with E-state index in [0.717, 1.165) is 0 Å². The molecule has 1 aromatic carbocycles. The number of non-ortho nitro benzene ring substituents is 1. The highest BCUT2D eigenvalue weighted by Crippen LogP contribution is 2.19. The summed E-state index contributed by atoms with van der Waals surface area (Å²) in [6, 6.07) is 5.50. The maximum atomic E-state index is 12.2. The van der Waals surface area contributed by atoms with Crippen LogP contribution in [-0.2, 0) is 15.8 Å². The van der Waals surface area contributed by atoms with Crippen molar-refractivity contribution >= 4 is 15.7 Å². The molecule has 0 amide bonds. The summed E-state index contributed by atoms with van der Waals surface area (Å²) in [6.45, 7) is 0.632. The first-order chi connectivity index (χ1) is 9.38. The Morgan fingerprint density at radius 3 is 2.30 bits per heavy atom. The number of nitro benzene ring substituents is 1. The van der Waals surface area contributed by atoms with Crippen LogP contribution < -0.4 is 0 Å². The van der Waals surface area contributed by atoms with E-state index >= 15 is 0 Å². The molecular formula is C12H16N2O5S. The second-order valence-electron chi connectivity index (χ2n) is 4.81. The van der Waals surface area contributed by atoms with E-state index in [0.29, 0.717) is 31.5 Å². The second kappa shape index (κ2) is 5.86. The van der Waals surface area contributed by atoms with Gasteiger partial charge >= 0.3 is 0 Å². The molecule has 110 valence electrons. The van der Waals surface area contributed by atoms with Crippen molar-refractivity contribution in [2.75, 3.05) is 13.1 Å². The highest BCUT2D eigenvalue weighted by molar-refractivity contribution is 7.88. The maximum Gasteiger partial charge on any atom is 0.269 e. The summed E-state index contributed by atoms with van der Waals surface area (Å²) < 4.78 is 25.7. The zero-order valence-electron chi connectivity index (χ0n) is 10.8. The Morgan fingerprint density at radius 1 is 1.25 bits per heavy atom. The van der Waals surface area contributed by atoms with E-state index in [1.165, 1.54) is 28.6 Å². The summed E-state index contributed by atoms with van der Waals surface area (Å²) in [6.07, 6.45) is 0.458. The number of nitrogens with zero attached hydrogens (tertiary/aromatic N) is 2. The van der Waals surface area contributed by atoms with Crippen LogP contribution in [0.25, 0.3) is 0 Å². The van der Waals surface area contributed by atoms with Gasteiger partial charge in [0.1, 0.15) is 0 Å². The molecule has 0 aromatic heterocycles. The molecule has 1 aromatic rings. The van der Waals surface area contributed by atoms with E-state index in [1.807, 2.05) is 0 Å². The molecule has 8 heteroatoms. The van der Waals surface area contributed by atoms with E-state index in [4.69, 9.17) is 0 Å². The van der Waals surface area contributed by atoms with Gasteiger partial charge in [-0.05, 0) is 18.4 Å². The van der Waals surface area contributed by atoms with Gasteiger partial charge in [-0.3, -0.25) is 10.1 Å². The van der Waals surface area contributed by atoms with Gasteiger partial charge in [0.25, 0.3) is 5.69 Å². The van der Waals surface area contributed by atoms with Gasteiger partial charge in [-0.2, -0.15) is 0 Å². The Labute approximate surface area is 117 Å². The van der Waals surface area contributed by atoms with Crippen LogP contribution in [0.1, 0.15) is 18.4 Å². The fourth-order valence-electron chi connectivity index (χ4n) is 2.14. The first kappa shape index (κ1) is 14.9. The summed E-state index contributed by atoms with van der Waals surface area (Å²) in [7, 11) is -3.44. The fourth-order valence-corrected chi connectivity index (χ4v) is 3.70. The maximum absolute atomic E-state index is 12.2. The Balaban J connectivity index is 2.06.